The Morgan fingerprint density at radius 2 is 2.06 bits per heavy atom. The van der Waals surface area contributed by atoms with E-state index in [1.165, 1.54) is 0 Å². The fourth-order valence-electron chi connectivity index (χ4n) is 1.97. The summed E-state index contributed by atoms with van der Waals surface area (Å²) in [5.74, 6) is -2.23. The highest BCUT2D eigenvalue weighted by molar-refractivity contribution is 9.10. The summed E-state index contributed by atoms with van der Waals surface area (Å²) in [7, 11) is 0. The monoisotopic (exact) mass is 287 g/mol. The molecule has 0 aliphatic heterocycles. The smallest absolute Gasteiger partial charge is 0.148 e. The molecule has 0 heterocycles. The molecular formula is C11H8BrF2NO. The Kier molecular flexibility index (Phi) is 2.62. The molecule has 1 aromatic rings. The van der Waals surface area contributed by atoms with Crippen LogP contribution in [0.5, 0.6) is 5.75 Å². The van der Waals surface area contributed by atoms with Gasteiger partial charge in [-0.15, -0.1) is 0 Å². The van der Waals surface area contributed by atoms with Crippen LogP contribution in [0, 0.1) is 23.0 Å². The van der Waals surface area contributed by atoms with Gasteiger partial charge in [0.15, 0.2) is 0 Å². The van der Waals surface area contributed by atoms with E-state index in [1.54, 1.807) is 0 Å². The quantitative estimate of drug-likeness (QED) is 0.805. The number of phenolic OH excluding ortho intramolecular Hbond substituents is 1. The maximum atomic E-state index is 13.8. The first-order valence-electron chi connectivity index (χ1n) is 4.80. The summed E-state index contributed by atoms with van der Waals surface area (Å²) in [4.78, 5) is 0. The van der Waals surface area contributed by atoms with Crippen LogP contribution in [0.2, 0.25) is 0 Å². The van der Waals surface area contributed by atoms with E-state index in [0.717, 1.165) is 12.5 Å². The van der Waals surface area contributed by atoms with Crippen LogP contribution in [0.15, 0.2) is 10.5 Å². The van der Waals surface area contributed by atoms with E-state index in [1.807, 2.05) is 6.07 Å². The predicted octanol–water partition coefficient (Wildman–Crippen LogP) is 3.38. The van der Waals surface area contributed by atoms with Crippen LogP contribution in [-0.4, -0.2) is 5.11 Å². The van der Waals surface area contributed by atoms with Crippen molar-refractivity contribution in [2.45, 2.75) is 24.7 Å². The van der Waals surface area contributed by atoms with Gasteiger partial charge in [0.2, 0.25) is 0 Å². The molecule has 0 unspecified atom stereocenters. The molecule has 0 saturated heterocycles. The number of nitriles is 1. The minimum Gasteiger partial charge on any atom is -0.507 e. The molecule has 5 heteroatoms. The number of aromatic hydroxyl groups is 1. The highest BCUT2D eigenvalue weighted by Crippen LogP contribution is 2.47. The number of rotatable bonds is 1. The molecule has 0 spiro atoms. The summed E-state index contributed by atoms with van der Waals surface area (Å²) in [5.41, 5.74) is -1.30. The zero-order chi connectivity index (χ0) is 11.9. The van der Waals surface area contributed by atoms with Gasteiger partial charge in [0.05, 0.1) is 16.0 Å². The largest absolute Gasteiger partial charge is 0.507 e. The molecule has 1 saturated carbocycles. The van der Waals surface area contributed by atoms with Crippen LogP contribution in [0.1, 0.15) is 24.8 Å². The van der Waals surface area contributed by atoms with Crippen molar-refractivity contribution in [1.29, 1.82) is 5.26 Å². The second-order valence-electron chi connectivity index (χ2n) is 3.93. The maximum Gasteiger partial charge on any atom is 0.148 e. The average molecular weight is 288 g/mol. The third-order valence-corrected chi connectivity index (χ3v) is 3.79. The number of halogens is 3. The predicted molar refractivity (Wildman–Crippen MR) is 56.9 cm³/mol. The number of benzene rings is 1. The Morgan fingerprint density at radius 1 is 1.44 bits per heavy atom. The van der Waals surface area contributed by atoms with Gasteiger partial charge in [-0.3, -0.25) is 0 Å². The molecule has 0 radical (unpaired) electrons. The van der Waals surface area contributed by atoms with E-state index < -0.39 is 22.8 Å². The van der Waals surface area contributed by atoms with Gasteiger partial charge >= 0.3 is 0 Å². The standard InChI is InChI=1S/C11H8BrF2NO/c12-9-7(16)4-6(13)8(10(9)14)11(5-15)2-1-3-11/h4,16H,1-3H2. The normalized spacial score (nSPS) is 17.6. The Labute approximate surface area is 99.6 Å². The topological polar surface area (TPSA) is 44.0 Å². The van der Waals surface area contributed by atoms with Gasteiger partial charge in [0, 0.05) is 11.6 Å². The van der Waals surface area contributed by atoms with Gasteiger partial charge in [0.1, 0.15) is 17.4 Å². The molecule has 84 valence electrons. The molecule has 0 bridgehead atoms. The molecule has 0 atom stereocenters. The van der Waals surface area contributed by atoms with Crippen molar-refractivity contribution >= 4 is 15.9 Å². The van der Waals surface area contributed by atoms with Crippen molar-refractivity contribution in [3.63, 3.8) is 0 Å². The number of hydrogen-bond donors (Lipinski definition) is 1. The molecule has 0 aromatic heterocycles. The van der Waals surface area contributed by atoms with Crippen molar-refractivity contribution < 1.29 is 13.9 Å². The Morgan fingerprint density at radius 3 is 2.50 bits per heavy atom. The molecule has 2 rings (SSSR count). The first-order valence-corrected chi connectivity index (χ1v) is 5.59. The fourth-order valence-corrected chi connectivity index (χ4v) is 2.28. The second-order valence-corrected chi connectivity index (χ2v) is 4.72. The van der Waals surface area contributed by atoms with Crippen molar-refractivity contribution in [2.24, 2.45) is 0 Å². The lowest BCUT2D eigenvalue weighted by atomic mass is 9.65. The summed E-state index contributed by atoms with van der Waals surface area (Å²) in [6, 6.07) is 2.81. The number of nitrogens with zero attached hydrogens (tertiary/aromatic N) is 1. The zero-order valence-electron chi connectivity index (χ0n) is 8.23. The lowest BCUT2D eigenvalue weighted by Crippen LogP contribution is -2.34. The van der Waals surface area contributed by atoms with E-state index in [-0.39, 0.29) is 10.0 Å². The Hall–Kier alpha value is -1.15. The Balaban J connectivity index is 2.66. The molecule has 0 amide bonds. The first kappa shape index (κ1) is 11.3. The van der Waals surface area contributed by atoms with Crippen molar-refractivity contribution in [3.05, 3.63) is 27.7 Å². The highest BCUT2D eigenvalue weighted by Gasteiger charge is 2.44. The van der Waals surface area contributed by atoms with E-state index in [2.05, 4.69) is 15.9 Å². The highest BCUT2D eigenvalue weighted by atomic mass is 79.9. The summed E-state index contributed by atoms with van der Waals surface area (Å²) < 4.78 is 27.3. The summed E-state index contributed by atoms with van der Waals surface area (Å²) in [6.07, 6.45) is 1.69. The van der Waals surface area contributed by atoms with Crippen LogP contribution in [0.25, 0.3) is 0 Å². The van der Waals surface area contributed by atoms with Crippen LogP contribution in [0.4, 0.5) is 8.78 Å². The minimum absolute atomic E-state index is 0.189. The van der Waals surface area contributed by atoms with Crippen LogP contribution in [-0.2, 0) is 5.41 Å². The number of phenols is 1. The third-order valence-electron chi connectivity index (χ3n) is 3.04. The molecule has 1 fully saturated rings. The van der Waals surface area contributed by atoms with E-state index in [9.17, 15) is 13.9 Å². The van der Waals surface area contributed by atoms with E-state index >= 15 is 0 Å². The molecular weight excluding hydrogens is 280 g/mol. The zero-order valence-corrected chi connectivity index (χ0v) is 9.81. The maximum absolute atomic E-state index is 13.8. The number of hydrogen-bond acceptors (Lipinski definition) is 2. The SMILES string of the molecule is N#CC1(c2c(F)cc(O)c(Br)c2F)CCC1. The van der Waals surface area contributed by atoms with Crippen LogP contribution < -0.4 is 0 Å². The Bertz CT molecular complexity index is 492. The molecule has 1 aliphatic carbocycles. The van der Waals surface area contributed by atoms with Gasteiger partial charge in [0.25, 0.3) is 0 Å². The summed E-state index contributed by atoms with van der Waals surface area (Å²) in [5, 5.41) is 18.3. The van der Waals surface area contributed by atoms with E-state index in [4.69, 9.17) is 5.26 Å². The average Bonchev–Trinajstić information content (AvgIpc) is 2.18. The van der Waals surface area contributed by atoms with Gasteiger partial charge in [-0.05, 0) is 35.2 Å². The van der Waals surface area contributed by atoms with Crippen molar-refractivity contribution in [3.8, 4) is 11.8 Å². The molecule has 1 aromatic carbocycles. The third kappa shape index (κ3) is 1.40. The van der Waals surface area contributed by atoms with Gasteiger partial charge in [-0.25, -0.2) is 8.78 Å². The lowest BCUT2D eigenvalue weighted by Gasteiger charge is -2.36. The second kappa shape index (κ2) is 3.70. The van der Waals surface area contributed by atoms with Crippen molar-refractivity contribution in [1.82, 2.24) is 0 Å². The van der Waals surface area contributed by atoms with Crippen molar-refractivity contribution in [2.75, 3.05) is 0 Å². The minimum atomic E-state index is -1.07. The van der Waals surface area contributed by atoms with Crippen LogP contribution in [0.3, 0.4) is 0 Å². The lowest BCUT2D eigenvalue weighted by molar-refractivity contribution is 0.299. The molecule has 1 N–H and O–H groups in total. The van der Waals surface area contributed by atoms with Gasteiger partial charge in [-0.1, -0.05) is 0 Å². The summed E-state index contributed by atoms with van der Waals surface area (Å²) in [6.45, 7) is 0. The molecule has 16 heavy (non-hydrogen) atoms. The van der Waals surface area contributed by atoms with E-state index in [0.29, 0.717) is 12.8 Å². The summed E-state index contributed by atoms with van der Waals surface area (Å²) >= 11 is 2.84. The molecule has 2 nitrogen and oxygen atoms in total. The van der Waals surface area contributed by atoms with Crippen LogP contribution >= 0.6 is 15.9 Å². The molecule has 1 aliphatic rings. The van der Waals surface area contributed by atoms with Gasteiger partial charge < -0.3 is 5.11 Å². The fraction of sp³-hybridized carbons (Fsp3) is 0.364. The first-order chi connectivity index (χ1) is 7.52. The van der Waals surface area contributed by atoms with Gasteiger partial charge in [-0.2, -0.15) is 5.26 Å².